The number of halogens is 6. The number of anilines is 1. The van der Waals surface area contributed by atoms with Crippen LogP contribution in [0.2, 0.25) is 0 Å². The van der Waals surface area contributed by atoms with E-state index in [0.717, 1.165) is 0 Å². The summed E-state index contributed by atoms with van der Waals surface area (Å²) in [6, 6.07) is 8.95. The highest BCUT2D eigenvalue weighted by Gasteiger charge is 2.88. The van der Waals surface area contributed by atoms with E-state index >= 15 is 0 Å². The van der Waals surface area contributed by atoms with Gasteiger partial charge in [-0.2, -0.15) is 0 Å². The Labute approximate surface area is 197 Å². The number of allylic oxidation sites excluding steroid dienone is 2. The lowest BCUT2D eigenvalue weighted by Crippen LogP contribution is -2.46. The van der Waals surface area contributed by atoms with Crippen LogP contribution in [-0.2, 0) is 9.59 Å². The van der Waals surface area contributed by atoms with Gasteiger partial charge in [0.25, 0.3) is 0 Å². The Morgan fingerprint density at radius 1 is 0.793 bits per heavy atom. The predicted octanol–water partition coefficient (Wildman–Crippen LogP) is 5.52. The number of fused-ring (bicyclic) bond motifs is 12. The summed E-state index contributed by atoms with van der Waals surface area (Å²) in [6.45, 7) is 0. The molecule has 4 aliphatic carbocycles. The minimum atomic E-state index is -1.63. The summed E-state index contributed by atoms with van der Waals surface area (Å²) in [5.41, 5.74) is 0.573. The number of imide groups is 1. The van der Waals surface area contributed by atoms with Gasteiger partial charge in [0.1, 0.15) is 9.75 Å². The number of amides is 2. The normalized spacial score (nSPS) is 48.7. The number of carbonyl (C=O) groups excluding carboxylic acids is 2. The molecule has 152 valence electrons. The molecule has 0 aromatic heterocycles. The first-order valence-electron chi connectivity index (χ1n) is 9.34. The van der Waals surface area contributed by atoms with Crippen molar-refractivity contribution in [1.82, 2.24) is 0 Å². The molecule has 6 rings (SSSR count). The van der Waals surface area contributed by atoms with Crippen LogP contribution >= 0.6 is 69.6 Å². The molecular weight excluding hydrogens is 499 g/mol. The lowest BCUT2D eigenvalue weighted by molar-refractivity contribution is -0.123. The third-order valence-electron chi connectivity index (χ3n) is 7.85. The second-order valence-electron chi connectivity index (χ2n) is 8.64. The number of benzene rings is 1. The zero-order valence-electron chi connectivity index (χ0n) is 14.6. The third kappa shape index (κ3) is 1.79. The van der Waals surface area contributed by atoms with Gasteiger partial charge < -0.3 is 0 Å². The van der Waals surface area contributed by atoms with Crippen LogP contribution in [0.3, 0.4) is 0 Å². The molecule has 2 amide bonds. The van der Waals surface area contributed by atoms with Gasteiger partial charge in [0.15, 0.2) is 4.33 Å². The zero-order valence-corrected chi connectivity index (χ0v) is 19.1. The molecule has 5 aliphatic rings. The Kier molecular flexibility index (Phi) is 3.77. The van der Waals surface area contributed by atoms with E-state index in [9.17, 15) is 9.59 Å². The molecule has 8 atom stereocenters. The van der Waals surface area contributed by atoms with E-state index in [1.54, 1.807) is 24.3 Å². The van der Waals surface area contributed by atoms with Gasteiger partial charge in [-0.3, -0.25) is 14.5 Å². The second-order valence-corrected chi connectivity index (χ2v) is 11.9. The molecule has 3 nitrogen and oxygen atoms in total. The Bertz CT molecular complexity index is 969. The van der Waals surface area contributed by atoms with Crippen LogP contribution < -0.4 is 4.90 Å². The Hall–Kier alpha value is -0.160. The molecule has 0 unspecified atom stereocenters. The topological polar surface area (TPSA) is 37.4 Å². The summed E-state index contributed by atoms with van der Waals surface area (Å²) in [5, 5.41) is 0.311. The van der Waals surface area contributed by atoms with Crippen molar-refractivity contribution >= 4 is 87.1 Å². The maximum Gasteiger partial charge on any atom is 0.237 e. The van der Waals surface area contributed by atoms with Gasteiger partial charge >= 0.3 is 0 Å². The van der Waals surface area contributed by atoms with Gasteiger partial charge in [-0.1, -0.05) is 64.6 Å². The zero-order chi connectivity index (χ0) is 20.7. The average molecular weight is 512 g/mol. The van der Waals surface area contributed by atoms with Crippen molar-refractivity contribution < 1.29 is 9.59 Å². The lowest BCUT2D eigenvalue weighted by atomic mass is 9.65. The van der Waals surface area contributed by atoms with Crippen molar-refractivity contribution in [2.75, 3.05) is 4.90 Å². The van der Waals surface area contributed by atoms with Crippen molar-refractivity contribution in [3.63, 3.8) is 0 Å². The molecule has 1 aliphatic heterocycles. The predicted molar refractivity (Wildman–Crippen MR) is 115 cm³/mol. The number of hydrogen-bond acceptors (Lipinski definition) is 2. The lowest BCUT2D eigenvalue weighted by Gasteiger charge is -2.42. The highest BCUT2D eigenvalue weighted by molar-refractivity contribution is 6.65. The van der Waals surface area contributed by atoms with Crippen LogP contribution in [0.15, 0.2) is 40.4 Å². The van der Waals surface area contributed by atoms with Gasteiger partial charge in [0.2, 0.25) is 11.8 Å². The monoisotopic (exact) mass is 509 g/mol. The van der Waals surface area contributed by atoms with Crippen molar-refractivity contribution in [2.45, 2.75) is 20.5 Å². The van der Waals surface area contributed by atoms with E-state index < -0.39 is 25.9 Å². The molecule has 4 bridgehead atoms. The van der Waals surface area contributed by atoms with Crippen molar-refractivity contribution in [3.05, 3.63) is 40.4 Å². The Morgan fingerprint density at radius 2 is 1.24 bits per heavy atom. The summed E-state index contributed by atoms with van der Waals surface area (Å²) in [4.78, 5) is 25.3. The number of alkyl halides is 4. The molecule has 3 saturated carbocycles. The molecule has 1 heterocycles. The van der Waals surface area contributed by atoms with E-state index in [4.69, 9.17) is 69.6 Å². The van der Waals surface area contributed by atoms with Crippen LogP contribution in [0.25, 0.3) is 0 Å². The molecule has 1 aromatic rings. The SMILES string of the molecule is O=C1[C@@H]2[C@H]3C[C@@H]([C@@H]2C(=O)N1c1ccccc1)[C@H]1[C@@H]3[C@@]2(Cl)C(Cl)=C(Cl)[C@@]1(Cl)C2(Cl)Cl. The molecule has 1 saturated heterocycles. The average Bonchev–Trinajstić information content (AvgIpc) is 3.39. The van der Waals surface area contributed by atoms with Crippen LogP contribution in [0.1, 0.15) is 6.42 Å². The van der Waals surface area contributed by atoms with Crippen molar-refractivity contribution in [3.8, 4) is 0 Å². The number of carbonyl (C=O) groups is 2. The summed E-state index contributed by atoms with van der Waals surface area (Å²) in [6.07, 6.45) is 0.659. The number of para-hydroxylation sites is 1. The summed E-state index contributed by atoms with van der Waals surface area (Å²) >= 11 is 40.5. The molecule has 0 N–H and O–H groups in total. The Balaban J connectivity index is 1.49. The maximum atomic E-state index is 13.4. The fraction of sp³-hybridized carbons (Fsp3) is 0.500. The highest BCUT2D eigenvalue weighted by Crippen LogP contribution is 2.84. The largest absolute Gasteiger partial charge is 0.274 e. The van der Waals surface area contributed by atoms with E-state index in [1.807, 2.05) is 6.07 Å². The molecule has 0 spiro atoms. The van der Waals surface area contributed by atoms with E-state index in [2.05, 4.69) is 0 Å². The first-order chi connectivity index (χ1) is 13.6. The number of nitrogens with zero attached hydrogens (tertiary/aromatic N) is 1. The second kappa shape index (κ2) is 5.60. The standard InChI is InChI=1S/C20H13Cl6NO2/c21-14-15(22)19(24)13-9-6-8(12(13)18(14,23)20(19,25)26)10-11(9)17(29)27(16(10)28)7-4-2-1-3-5-7/h1-5,8-13H,6H2/t8-,9+,10-,11+,12-,13+,18-,19-/m1/s1. The van der Waals surface area contributed by atoms with Gasteiger partial charge in [-0.25, -0.2) is 0 Å². The quantitative estimate of drug-likeness (QED) is 0.283. The van der Waals surface area contributed by atoms with Gasteiger partial charge in [0, 0.05) is 0 Å². The summed E-state index contributed by atoms with van der Waals surface area (Å²) < 4.78 is -1.63. The maximum absolute atomic E-state index is 13.4. The van der Waals surface area contributed by atoms with E-state index in [0.29, 0.717) is 12.1 Å². The summed E-state index contributed by atoms with van der Waals surface area (Å²) in [5.74, 6) is -2.39. The van der Waals surface area contributed by atoms with Crippen molar-refractivity contribution in [2.24, 2.45) is 35.5 Å². The molecule has 4 fully saturated rings. The molecule has 0 radical (unpaired) electrons. The molecule has 29 heavy (non-hydrogen) atoms. The van der Waals surface area contributed by atoms with Crippen LogP contribution in [0, 0.1) is 35.5 Å². The minimum Gasteiger partial charge on any atom is -0.274 e. The highest BCUT2D eigenvalue weighted by atomic mass is 35.5. The molecular formula is C20H13Cl6NO2. The van der Waals surface area contributed by atoms with Crippen LogP contribution in [0.4, 0.5) is 5.69 Å². The molecule has 1 aromatic carbocycles. The first kappa shape index (κ1) is 19.5. The van der Waals surface area contributed by atoms with Gasteiger partial charge in [-0.15, -0.1) is 23.2 Å². The molecule has 9 heteroatoms. The number of rotatable bonds is 1. The third-order valence-corrected chi connectivity index (χ3v) is 12.1. The fourth-order valence-electron chi connectivity index (χ4n) is 6.98. The van der Waals surface area contributed by atoms with Crippen LogP contribution in [0.5, 0.6) is 0 Å². The van der Waals surface area contributed by atoms with Gasteiger partial charge in [0.05, 0.1) is 27.6 Å². The first-order valence-corrected chi connectivity index (χ1v) is 11.6. The Morgan fingerprint density at radius 3 is 1.69 bits per heavy atom. The smallest absolute Gasteiger partial charge is 0.237 e. The minimum absolute atomic E-state index is 0.155. The number of hydrogen-bond donors (Lipinski definition) is 0. The van der Waals surface area contributed by atoms with E-state index in [1.165, 1.54) is 4.90 Å². The van der Waals surface area contributed by atoms with Crippen LogP contribution in [-0.4, -0.2) is 25.9 Å². The van der Waals surface area contributed by atoms with E-state index in [-0.39, 0.29) is 45.6 Å². The van der Waals surface area contributed by atoms with Crippen molar-refractivity contribution in [1.29, 1.82) is 0 Å². The van der Waals surface area contributed by atoms with Gasteiger partial charge in [-0.05, 0) is 42.2 Å². The summed E-state index contributed by atoms with van der Waals surface area (Å²) in [7, 11) is 0. The fourth-order valence-corrected chi connectivity index (χ4v) is 10.1.